The highest BCUT2D eigenvalue weighted by Gasteiger charge is 2.38. The van der Waals surface area contributed by atoms with Crippen molar-refractivity contribution in [2.75, 3.05) is 27.2 Å². The van der Waals surface area contributed by atoms with Crippen LogP contribution in [0.5, 0.6) is 0 Å². The first-order chi connectivity index (χ1) is 10.1. The van der Waals surface area contributed by atoms with E-state index in [0.717, 1.165) is 17.2 Å². The van der Waals surface area contributed by atoms with Crippen LogP contribution < -0.4 is 0 Å². The molecule has 0 bridgehead atoms. The third-order valence-electron chi connectivity index (χ3n) is 5.28. The summed E-state index contributed by atoms with van der Waals surface area (Å²) in [5.41, 5.74) is 1.75. The Labute approximate surface area is 135 Å². The molecule has 0 aromatic carbocycles. The van der Waals surface area contributed by atoms with E-state index < -0.39 is 0 Å². The minimum atomic E-state index is 0.765. The number of fused-ring (bicyclic) bond motifs is 1. The van der Waals surface area contributed by atoms with Gasteiger partial charge in [-0.25, -0.2) is 0 Å². The second-order valence-corrected chi connectivity index (χ2v) is 8.94. The third kappa shape index (κ3) is 3.61. The van der Waals surface area contributed by atoms with Crippen LogP contribution in [0.15, 0.2) is 10.6 Å². The van der Waals surface area contributed by atoms with Gasteiger partial charge in [-0.3, -0.25) is 0 Å². The molecule has 3 unspecified atom stereocenters. The molecule has 0 spiro atoms. The summed E-state index contributed by atoms with van der Waals surface area (Å²) >= 11 is 2.27. The monoisotopic (exact) mass is 308 g/mol. The van der Waals surface area contributed by atoms with Gasteiger partial charge >= 0.3 is 0 Å². The molecule has 1 saturated carbocycles. The van der Waals surface area contributed by atoms with Gasteiger partial charge in [0, 0.05) is 35.0 Å². The van der Waals surface area contributed by atoms with Crippen molar-refractivity contribution >= 4 is 11.8 Å². The van der Waals surface area contributed by atoms with Crippen LogP contribution in [-0.4, -0.2) is 48.3 Å². The molecule has 3 rings (SSSR count). The van der Waals surface area contributed by atoms with E-state index in [0.29, 0.717) is 0 Å². The summed E-state index contributed by atoms with van der Waals surface area (Å²) in [5, 5.41) is 0.891. The zero-order chi connectivity index (χ0) is 14.8. The van der Waals surface area contributed by atoms with Crippen LogP contribution in [0.2, 0.25) is 0 Å². The van der Waals surface area contributed by atoms with Crippen molar-refractivity contribution < 1.29 is 0 Å². The van der Waals surface area contributed by atoms with E-state index in [9.17, 15) is 0 Å². The number of rotatable bonds is 4. The van der Waals surface area contributed by atoms with Gasteiger partial charge in [0.15, 0.2) is 0 Å². The summed E-state index contributed by atoms with van der Waals surface area (Å²) in [5.74, 6) is 0.765. The lowest BCUT2D eigenvalue weighted by Gasteiger charge is -2.49. The molecular weight excluding hydrogens is 276 g/mol. The maximum absolute atomic E-state index is 2.88. The van der Waals surface area contributed by atoms with Gasteiger partial charge in [-0.15, -0.1) is 11.8 Å². The average Bonchev–Trinajstić information content (AvgIpc) is 2.46. The van der Waals surface area contributed by atoms with E-state index >= 15 is 0 Å². The molecule has 1 heterocycles. The smallest absolute Gasteiger partial charge is 0.0409 e. The summed E-state index contributed by atoms with van der Waals surface area (Å²) in [6, 6.07) is 0.838. The SMILES string of the molecule is CC(CN(C)C)CN1C2=C(CCCC2)SC2CCCCC21. The number of hydrogen-bond donors (Lipinski definition) is 0. The van der Waals surface area contributed by atoms with Crippen molar-refractivity contribution in [3.8, 4) is 0 Å². The number of hydrogen-bond acceptors (Lipinski definition) is 3. The predicted molar refractivity (Wildman–Crippen MR) is 93.6 cm³/mol. The molecule has 2 nitrogen and oxygen atoms in total. The second-order valence-electron chi connectivity index (χ2n) is 7.60. The van der Waals surface area contributed by atoms with Gasteiger partial charge < -0.3 is 9.80 Å². The molecule has 0 amide bonds. The van der Waals surface area contributed by atoms with Crippen LogP contribution >= 0.6 is 11.8 Å². The maximum atomic E-state index is 2.88. The molecule has 1 aliphatic heterocycles. The van der Waals surface area contributed by atoms with E-state index in [4.69, 9.17) is 0 Å². The molecule has 0 radical (unpaired) electrons. The van der Waals surface area contributed by atoms with E-state index in [1.165, 1.54) is 64.5 Å². The van der Waals surface area contributed by atoms with E-state index in [1.54, 1.807) is 10.6 Å². The molecule has 0 saturated heterocycles. The summed E-state index contributed by atoms with van der Waals surface area (Å²) < 4.78 is 0. The first-order valence-electron chi connectivity index (χ1n) is 8.95. The highest BCUT2D eigenvalue weighted by molar-refractivity contribution is 8.03. The quantitative estimate of drug-likeness (QED) is 0.763. The molecule has 3 aliphatic rings. The van der Waals surface area contributed by atoms with Crippen LogP contribution in [0.3, 0.4) is 0 Å². The summed E-state index contributed by atoms with van der Waals surface area (Å²) in [4.78, 5) is 6.99. The molecule has 120 valence electrons. The minimum absolute atomic E-state index is 0.765. The lowest BCUT2D eigenvalue weighted by molar-refractivity contribution is 0.159. The van der Waals surface area contributed by atoms with E-state index in [-0.39, 0.29) is 0 Å². The van der Waals surface area contributed by atoms with Crippen LogP contribution in [-0.2, 0) is 0 Å². The molecular formula is C18H32N2S. The van der Waals surface area contributed by atoms with E-state index in [2.05, 4.69) is 42.6 Å². The van der Waals surface area contributed by atoms with Crippen molar-refractivity contribution in [2.24, 2.45) is 5.92 Å². The van der Waals surface area contributed by atoms with Crippen molar-refractivity contribution in [1.82, 2.24) is 9.80 Å². The Bertz CT molecular complexity index is 391. The standard InChI is InChI=1S/C18H32N2S/c1-14(12-19(2)3)13-20-15-8-4-6-10-17(15)21-18-11-7-5-9-16(18)20/h14-15,17H,4-13H2,1-3H3. The molecule has 2 aliphatic carbocycles. The van der Waals surface area contributed by atoms with Gasteiger partial charge in [0.1, 0.15) is 0 Å². The fraction of sp³-hybridized carbons (Fsp3) is 0.889. The fourth-order valence-electron chi connectivity index (χ4n) is 4.51. The Balaban J connectivity index is 1.78. The molecule has 3 heteroatoms. The topological polar surface area (TPSA) is 6.48 Å². The second kappa shape index (κ2) is 6.95. The van der Waals surface area contributed by atoms with Crippen LogP contribution in [0.1, 0.15) is 58.3 Å². The summed E-state index contributed by atoms with van der Waals surface area (Å²) in [6.45, 7) is 4.92. The Kier molecular flexibility index (Phi) is 5.21. The molecule has 1 fully saturated rings. The molecule has 0 aromatic rings. The summed E-state index contributed by atoms with van der Waals surface area (Å²) in [7, 11) is 4.41. The normalized spacial score (nSPS) is 31.1. The van der Waals surface area contributed by atoms with Gasteiger partial charge in [-0.2, -0.15) is 0 Å². The van der Waals surface area contributed by atoms with Crippen LogP contribution in [0.25, 0.3) is 0 Å². The number of thioether (sulfide) groups is 1. The number of nitrogens with zero attached hydrogens (tertiary/aromatic N) is 2. The molecule has 0 N–H and O–H groups in total. The lowest BCUT2D eigenvalue weighted by atomic mass is 9.90. The van der Waals surface area contributed by atoms with Crippen LogP contribution in [0.4, 0.5) is 0 Å². The molecule has 0 aromatic heterocycles. The Hall–Kier alpha value is -0.150. The van der Waals surface area contributed by atoms with Crippen molar-refractivity contribution in [2.45, 2.75) is 69.6 Å². The summed E-state index contributed by atoms with van der Waals surface area (Å²) in [6.07, 6.45) is 11.3. The third-order valence-corrected chi connectivity index (χ3v) is 6.86. The highest BCUT2D eigenvalue weighted by atomic mass is 32.2. The van der Waals surface area contributed by atoms with Crippen molar-refractivity contribution in [1.29, 1.82) is 0 Å². The lowest BCUT2D eigenvalue weighted by Crippen LogP contribution is -2.49. The Morgan fingerprint density at radius 3 is 2.71 bits per heavy atom. The average molecular weight is 309 g/mol. The molecule has 3 atom stereocenters. The first-order valence-corrected chi connectivity index (χ1v) is 9.83. The van der Waals surface area contributed by atoms with Gasteiger partial charge in [0.25, 0.3) is 0 Å². The minimum Gasteiger partial charge on any atom is -0.370 e. The van der Waals surface area contributed by atoms with Gasteiger partial charge in [-0.05, 0) is 58.5 Å². The van der Waals surface area contributed by atoms with Gasteiger partial charge in [-0.1, -0.05) is 19.8 Å². The number of allylic oxidation sites excluding steroid dienone is 2. The Morgan fingerprint density at radius 1 is 1.14 bits per heavy atom. The molecule has 21 heavy (non-hydrogen) atoms. The van der Waals surface area contributed by atoms with Crippen LogP contribution in [0, 0.1) is 5.92 Å². The van der Waals surface area contributed by atoms with Crippen molar-refractivity contribution in [3.63, 3.8) is 0 Å². The zero-order valence-corrected chi connectivity index (χ0v) is 14.9. The largest absolute Gasteiger partial charge is 0.370 e. The fourth-order valence-corrected chi connectivity index (χ4v) is 6.22. The highest BCUT2D eigenvalue weighted by Crippen LogP contribution is 2.48. The van der Waals surface area contributed by atoms with Gasteiger partial charge in [0.05, 0.1) is 0 Å². The first kappa shape index (κ1) is 15.7. The van der Waals surface area contributed by atoms with Crippen molar-refractivity contribution in [3.05, 3.63) is 10.6 Å². The predicted octanol–water partition coefficient (Wildman–Crippen LogP) is 4.33. The van der Waals surface area contributed by atoms with E-state index in [1.807, 2.05) is 0 Å². The van der Waals surface area contributed by atoms with Gasteiger partial charge in [0.2, 0.25) is 0 Å². The zero-order valence-electron chi connectivity index (χ0n) is 14.1. The maximum Gasteiger partial charge on any atom is 0.0409 e. The Morgan fingerprint density at radius 2 is 1.90 bits per heavy atom.